The Morgan fingerprint density at radius 3 is 2.63 bits per heavy atom. The molecule has 0 spiro atoms. The fraction of sp³-hybridized carbons (Fsp3) is 0.450. The van der Waals surface area contributed by atoms with Gasteiger partial charge in [-0.2, -0.15) is 0 Å². The number of anilines is 1. The molecule has 27 heavy (non-hydrogen) atoms. The Morgan fingerprint density at radius 2 is 1.96 bits per heavy atom. The molecule has 7 nitrogen and oxygen atoms in total. The minimum atomic E-state index is -0.285. The number of carbonyl (C=O) groups excluding carboxylic acids is 1. The van der Waals surface area contributed by atoms with Gasteiger partial charge in [-0.05, 0) is 12.1 Å². The van der Waals surface area contributed by atoms with Crippen molar-refractivity contribution in [1.29, 1.82) is 0 Å². The maximum atomic E-state index is 12.3. The molecule has 0 saturated carbocycles. The Morgan fingerprint density at radius 1 is 1.22 bits per heavy atom. The minimum Gasteiger partial charge on any atom is -0.373 e. The van der Waals surface area contributed by atoms with Crippen molar-refractivity contribution in [3.8, 4) is 0 Å². The summed E-state index contributed by atoms with van der Waals surface area (Å²) in [5.41, 5.74) is 1.78. The average Bonchev–Trinajstić information content (AvgIpc) is 2.73. The molecule has 1 saturated heterocycles. The van der Waals surface area contributed by atoms with Gasteiger partial charge < -0.3 is 15.4 Å². The first-order valence-corrected chi connectivity index (χ1v) is 9.47. The van der Waals surface area contributed by atoms with Crippen LogP contribution in [0.3, 0.4) is 0 Å². The lowest BCUT2D eigenvalue weighted by Crippen LogP contribution is -2.50. The molecule has 144 valence electrons. The molecule has 1 aliphatic heterocycles. The van der Waals surface area contributed by atoms with E-state index in [1.807, 2.05) is 25.1 Å². The van der Waals surface area contributed by atoms with Crippen molar-refractivity contribution in [3.63, 3.8) is 0 Å². The molecule has 1 aliphatic rings. The summed E-state index contributed by atoms with van der Waals surface area (Å²) in [4.78, 5) is 23.0. The van der Waals surface area contributed by atoms with Crippen molar-refractivity contribution in [2.45, 2.75) is 32.4 Å². The molecule has 0 bridgehead atoms. The van der Waals surface area contributed by atoms with Crippen molar-refractivity contribution < 1.29 is 9.53 Å². The number of amides is 2. The lowest BCUT2D eigenvalue weighted by Gasteiger charge is -2.41. The van der Waals surface area contributed by atoms with Crippen LogP contribution < -0.4 is 10.6 Å². The van der Waals surface area contributed by atoms with E-state index in [2.05, 4.69) is 44.6 Å². The molecular weight excluding hydrogens is 342 g/mol. The molecule has 3 rings (SSSR count). The third-order valence-corrected chi connectivity index (χ3v) is 4.75. The van der Waals surface area contributed by atoms with Crippen molar-refractivity contribution in [3.05, 3.63) is 54.1 Å². The Labute approximate surface area is 160 Å². The number of nitrogens with one attached hydrogen (secondary N) is 2. The van der Waals surface area contributed by atoms with Crippen LogP contribution in [-0.2, 0) is 11.2 Å². The molecular formula is C20H27N5O2. The first-order chi connectivity index (χ1) is 13.2. The van der Waals surface area contributed by atoms with E-state index in [0.29, 0.717) is 18.8 Å². The number of hydrogen-bond donors (Lipinski definition) is 2. The number of benzene rings is 1. The first-order valence-electron chi connectivity index (χ1n) is 9.47. The Bertz CT molecular complexity index is 723. The number of likely N-dealkylation sites (N-methyl/N-ethyl adjacent to an activating group) is 1. The van der Waals surface area contributed by atoms with Gasteiger partial charge in [0.2, 0.25) is 0 Å². The van der Waals surface area contributed by atoms with Crippen LogP contribution in [0.25, 0.3) is 0 Å². The summed E-state index contributed by atoms with van der Waals surface area (Å²) in [5, 5.41) is 5.68. The smallest absolute Gasteiger partial charge is 0.319 e. The van der Waals surface area contributed by atoms with Gasteiger partial charge in [0.25, 0.3) is 0 Å². The summed E-state index contributed by atoms with van der Waals surface area (Å²) >= 11 is 0. The van der Waals surface area contributed by atoms with E-state index in [4.69, 9.17) is 4.74 Å². The SMILES string of the molecule is CCc1ncc(NC(=O)NC[C@@H]2OCCN(CC)[C@H]2c2ccccc2)cn1. The van der Waals surface area contributed by atoms with E-state index >= 15 is 0 Å². The zero-order valence-electron chi connectivity index (χ0n) is 15.9. The van der Waals surface area contributed by atoms with Crippen molar-refractivity contribution in [2.24, 2.45) is 0 Å². The second kappa shape index (κ2) is 9.43. The fourth-order valence-electron chi connectivity index (χ4n) is 3.36. The quantitative estimate of drug-likeness (QED) is 0.818. The number of carbonyl (C=O) groups is 1. The largest absolute Gasteiger partial charge is 0.373 e. The molecule has 2 atom stereocenters. The van der Waals surface area contributed by atoms with Gasteiger partial charge in [0, 0.05) is 19.5 Å². The standard InChI is InChI=1S/C20H27N5O2/c1-3-18-21-12-16(13-22-18)24-20(26)23-14-17-19(15-8-6-5-7-9-15)25(4-2)10-11-27-17/h5-9,12-13,17,19H,3-4,10-11,14H2,1-2H3,(H2,23,24,26)/t17-,19-/m0/s1. The van der Waals surface area contributed by atoms with Crippen LogP contribution in [0.1, 0.15) is 31.3 Å². The van der Waals surface area contributed by atoms with Gasteiger partial charge in [-0.15, -0.1) is 0 Å². The molecule has 1 aromatic carbocycles. The van der Waals surface area contributed by atoms with Gasteiger partial charge in [-0.25, -0.2) is 14.8 Å². The number of urea groups is 1. The first kappa shape index (κ1) is 19.3. The third-order valence-electron chi connectivity index (χ3n) is 4.75. The van der Waals surface area contributed by atoms with E-state index in [9.17, 15) is 4.79 Å². The molecule has 2 heterocycles. The van der Waals surface area contributed by atoms with Crippen LogP contribution in [-0.4, -0.2) is 53.2 Å². The molecule has 0 unspecified atom stereocenters. The highest BCUT2D eigenvalue weighted by Crippen LogP contribution is 2.29. The Balaban J connectivity index is 1.61. The van der Waals surface area contributed by atoms with Crippen LogP contribution in [0.2, 0.25) is 0 Å². The summed E-state index contributed by atoms with van der Waals surface area (Å²) in [6.07, 6.45) is 3.90. The highest BCUT2D eigenvalue weighted by Gasteiger charge is 2.32. The van der Waals surface area contributed by atoms with E-state index in [1.165, 1.54) is 5.56 Å². The zero-order valence-corrected chi connectivity index (χ0v) is 15.9. The van der Waals surface area contributed by atoms with E-state index in [1.54, 1.807) is 12.4 Å². The summed E-state index contributed by atoms with van der Waals surface area (Å²) in [6, 6.07) is 10.1. The number of nitrogens with zero attached hydrogens (tertiary/aromatic N) is 3. The van der Waals surface area contributed by atoms with Crippen LogP contribution in [0.4, 0.5) is 10.5 Å². The number of hydrogen-bond acceptors (Lipinski definition) is 5. The van der Waals surface area contributed by atoms with Crippen LogP contribution in [0, 0.1) is 0 Å². The van der Waals surface area contributed by atoms with Crippen LogP contribution >= 0.6 is 0 Å². The maximum absolute atomic E-state index is 12.3. The maximum Gasteiger partial charge on any atom is 0.319 e. The summed E-state index contributed by atoms with van der Waals surface area (Å²) in [7, 11) is 0. The second-order valence-electron chi connectivity index (χ2n) is 6.47. The number of rotatable bonds is 6. The van der Waals surface area contributed by atoms with Crippen LogP contribution in [0.15, 0.2) is 42.7 Å². The molecule has 2 N–H and O–H groups in total. The normalized spacial score (nSPS) is 20.2. The Hall–Kier alpha value is -2.51. The van der Waals surface area contributed by atoms with Gasteiger partial charge in [-0.1, -0.05) is 44.2 Å². The predicted molar refractivity (Wildman–Crippen MR) is 105 cm³/mol. The van der Waals surface area contributed by atoms with Crippen molar-refractivity contribution in [2.75, 3.05) is 31.6 Å². The number of aryl methyl sites for hydroxylation is 1. The molecule has 2 aromatic rings. The average molecular weight is 369 g/mol. The molecule has 1 aromatic heterocycles. The van der Waals surface area contributed by atoms with Gasteiger partial charge >= 0.3 is 6.03 Å². The zero-order chi connectivity index (χ0) is 19.1. The predicted octanol–water partition coefficient (Wildman–Crippen LogP) is 2.62. The van der Waals surface area contributed by atoms with Crippen molar-refractivity contribution in [1.82, 2.24) is 20.2 Å². The lowest BCUT2D eigenvalue weighted by molar-refractivity contribution is -0.0680. The van der Waals surface area contributed by atoms with Gasteiger partial charge in [0.1, 0.15) is 5.82 Å². The number of aromatic nitrogens is 2. The Kier molecular flexibility index (Phi) is 6.73. The van der Waals surface area contributed by atoms with Crippen molar-refractivity contribution >= 4 is 11.7 Å². The van der Waals surface area contributed by atoms with Gasteiger partial charge in [0.05, 0.1) is 36.8 Å². The molecule has 7 heteroatoms. The van der Waals surface area contributed by atoms with Crippen LogP contribution in [0.5, 0.6) is 0 Å². The number of ether oxygens (including phenoxy) is 1. The molecule has 0 radical (unpaired) electrons. The van der Waals surface area contributed by atoms with E-state index in [-0.39, 0.29) is 18.2 Å². The summed E-state index contributed by atoms with van der Waals surface area (Å²) in [5.74, 6) is 0.752. The molecule has 1 fully saturated rings. The highest BCUT2D eigenvalue weighted by atomic mass is 16.5. The lowest BCUT2D eigenvalue weighted by atomic mass is 9.98. The fourth-order valence-corrected chi connectivity index (χ4v) is 3.36. The molecule has 0 aliphatic carbocycles. The topological polar surface area (TPSA) is 79.4 Å². The van der Waals surface area contributed by atoms with E-state index in [0.717, 1.165) is 25.3 Å². The molecule has 2 amide bonds. The summed E-state index contributed by atoms with van der Waals surface area (Å²) in [6.45, 7) is 7.06. The third kappa shape index (κ3) is 5.02. The highest BCUT2D eigenvalue weighted by molar-refractivity contribution is 5.88. The second-order valence-corrected chi connectivity index (χ2v) is 6.47. The van der Waals surface area contributed by atoms with Gasteiger partial charge in [0.15, 0.2) is 0 Å². The monoisotopic (exact) mass is 369 g/mol. The summed E-state index contributed by atoms with van der Waals surface area (Å²) < 4.78 is 6.00. The number of morpholine rings is 1. The van der Waals surface area contributed by atoms with Gasteiger partial charge in [-0.3, -0.25) is 4.90 Å². The minimum absolute atomic E-state index is 0.106. The van der Waals surface area contributed by atoms with E-state index < -0.39 is 0 Å².